The minimum atomic E-state index is -0.582. The average Bonchev–Trinajstić information content (AvgIpc) is 2.87. The van der Waals surface area contributed by atoms with E-state index in [1.165, 1.54) is 38.5 Å². The maximum absolute atomic E-state index is 12.1. The van der Waals surface area contributed by atoms with Crippen LogP contribution in [0, 0.1) is 0 Å². The van der Waals surface area contributed by atoms with Gasteiger partial charge in [0, 0.05) is 29.7 Å². The molecule has 1 atom stereocenters. The number of halogens is 1. The van der Waals surface area contributed by atoms with Crippen molar-refractivity contribution in [3.05, 3.63) is 34.9 Å². The Labute approximate surface area is 154 Å². The van der Waals surface area contributed by atoms with Gasteiger partial charge < -0.3 is 16.0 Å². The number of carbonyl (C=O) groups excluding carboxylic acids is 2. The maximum atomic E-state index is 12.1. The number of hydrogen-bond acceptors (Lipinski definition) is 3. The Kier molecular flexibility index (Phi) is 8.22. The van der Waals surface area contributed by atoms with Crippen LogP contribution in [0.5, 0.6) is 0 Å². The third-order valence-corrected chi connectivity index (χ3v) is 4.81. The summed E-state index contributed by atoms with van der Waals surface area (Å²) in [6.07, 6.45) is 7.69. The van der Waals surface area contributed by atoms with Gasteiger partial charge in [-0.1, -0.05) is 37.3 Å². The van der Waals surface area contributed by atoms with E-state index in [1.54, 1.807) is 31.2 Å². The van der Waals surface area contributed by atoms with Crippen molar-refractivity contribution in [2.24, 2.45) is 0 Å². The van der Waals surface area contributed by atoms with E-state index in [0.29, 0.717) is 23.2 Å². The standard InChI is InChI=1S/C19H28ClN3O2/c1-14(23-19(25)15-8-10-16(20)11-9-15)18(24)22-13-12-21-17-6-4-2-3-5-7-17/h8-11,14,17,21H,2-7,12-13H2,1H3,(H,22,24)(H,23,25). The lowest BCUT2D eigenvalue weighted by Gasteiger charge is -2.18. The van der Waals surface area contributed by atoms with Gasteiger partial charge in [-0.05, 0) is 44.0 Å². The third kappa shape index (κ3) is 7.04. The quantitative estimate of drug-likeness (QED) is 0.514. The molecule has 0 bridgehead atoms. The van der Waals surface area contributed by atoms with Gasteiger partial charge in [0.15, 0.2) is 0 Å². The molecular weight excluding hydrogens is 338 g/mol. The van der Waals surface area contributed by atoms with Gasteiger partial charge in [0.2, 0.25) is 5.91 Å². The molecule has 0 spiro atoms. The first kappa shape index (κ1) is 19.7. The van der Waals surface area contributed by atoms with Crippen molar-refractivity contribution < 1.29 is 9.59 Å². The summed E-state index contributed by atoms with van der Waals surface area (Å²) in [6.45, 7) is 3.01. The molecular formula is C19H28ClN3O2. The summed E-state index contributed by atoms with van der Waals surface area (Å²) >= 11 is 5.81. The highest BCUT2D eigenvalue weighted by atomic mass is 35.5. The monoisotopic (exact) mass is 365 g/mol. The molecule has 2 rings (SSSR count). The number of benzene rings is 1. The molecule has 1 saturated carbocycles. The fourth-order valence-corrected chi connectivity index (χ4v) is 3.17. The van der Waals surface area contributed by atoms with Gasteiger partial charge in [-0.2, -0.15) is 0 Å². The summed E-state index contributed by atoms with van der Waals surface area (Å²) in [4.78, 5) is 24.2. The van der Waals surface area contributed by atoms with Gasteiger partial charge in [0.05, 0.1) is 0 Å². The van der Waals surface area contributed by atoms with Crippen molar-refractivity contribution in [2.45, 2.75) is 57.5 Å². The molecule has 1 fully saturated rings. The molecule has 0 heterocycles. The van der Waals surface area contributed by atoms with Gasteiger partial charge in [-0.3, -0.25) is 9.59 Å². The van der Waals surface area contributed by atoms with E-state index in [-0.39, 0.29) is 11.8 Å². The molecule has 3 N–H and O–H groups in total. The Hall–Kier alpha value is -1.59. The van der Waals surface area contributed by atoms with Crippen LogP contribution in [0.3, 0.4) is 0 Å². The van der Waals surface area contributed by atoms with Crippen LogP contribution >= 0.6 is 11.6 Å². The van der Waals surface area contributed by atoms with Crippen LogP contribution in [-0.4, -0.2) is 37.0 Å². The number of amides is 2. The predicted molar refractivity (Wildman–Crippen MR) is 101 cm³/mol. The van der Waals surface area contributed by atoms with Gasteiger partial charge in [-0.25, -0.2) is 0 Å². The lowest BCUT2D eigenvalue weighted by atomic mass is 10.1. The van der Waals surface area contributed by atoms with Crippen molar-refractivity contribution in [3.8, 4) is 0 Å². The van der Waals surface area contributed by atoms with Crippen molar-refractivity contribution in [3.63, 3.8) is 0 Å². The predicted octanol–water partition coefficient (Wildman–Crippen LogP) is 2.89. The fourth-order valence-electron chi connectivity index (χ4n) is 3.05. The molecule has 1 unspecified atom stereocenters. The normalized spacial score (nSPS) is 16.7. The SMILES string of the molecule is CC(NC(=O)c1ccc(Cl)cc1)C(=O)NCCNC1CCCCCC1. The Morgan fingerprint density at radius 3 is 2.36 bits per heavy atom. The van der Waals surface area contributed by atoms with Crippen LogP contribution in [0.1, 0.15) is 55.8 Å². The van der Waals surface area contributed by atoms with E-state index >= 15 is 0 Å². The smallest absolute Gasteiger partial charge is 0.251 e. The Morgan fingerprint density at radius 2 is 1.72 bits per heavy atom. The van der Waals surface area contributed by atoms with Crippen LogP contribution in [0.25, 0.3) is 0 Å². The molecule has 0 aliphatic heterocycles. The van der Waals surface area contributed by atoms with Gasteiger partial charge >= 0.3 is 0 Å². The molecule has 25 heavy (non-hydrogen) atoms. The zero-order chi connectivity index (χ0) is 18.1. The molecule has 6 heteroatoms. The Morgan fingerprint density at radius 1 is 1.08 bits per heavy atom. The zero-order valence-electron chi connectivity index (χ0n) is 14.8. The van der Waals surface area contributed by atoms with E-state index in [9.17, 15) is 9.59 Å². The van der Waals surface area contributed by atoms with Crippen LogP contribution in [-0.2, 0) is 4.79 Å². The highest BCUT2D eigenvalue weighted by Gasteiger charge is 2.16. The summed E-state index contributed by atoms with van der Waals surface area (Å²) in [5.74, 6) is -0.458. The molecule has 1 aromatic rings. The number of nitrogens with one attached hydrogen (secondary N) is 3. The van der Waals surface area contributed by atoms with Gasteiger partial charge in [-0.15, -0.1) is 0 Å². The highest BCUT2D eigenvalue weighted by molar-refractivity contribution is 6.30. The molecule has 1 aromatic carbocycles. The minimum Gasteiger partial charge on any atom is -0.353 e. The Bertz CT molecular complexity index is 554. The first-order chi connectivity index (χ1) is 12.1. The van der Waals surface area contributed by atoms with Crippen LogP contribution in [0.4, 0.5) is 0 Å². The van der Waals surface area contributed by atoms with Crippen molar-refractivity contribution in [2.75, 3.05) is 13.1 Å². The van der Waals surface area contributed by atoms with Crippen LogP contribution in [0.15, 0.2) is 24.3 Å². The maximum Gasteiger partial charge on any atom is 0.251 e. The van der Waals surface area contributed by atoms with E-state index in [0.717, 1.165) is 6.54 Å². The second kappa shape index (κ2) is 10.4. The van der Waals surface area contributed by atoms with E-state index < -0.39 is 6.04 Å². The van der Waals surface area contributed by atoms with Gasteiger partial charge in [0.1, 0.15) is 6.04 Å². The number of carbonyl (C=O) groups is 2. The van der Waals surface area contributed by atoms with Crippen molar-refractivity contribution in [1.82, 2.24) is 16.0 Å². The second-order valence-electron chi connectivity index (χ2n) is 6.64. The third-order valence-electron chi connectivity index (χ3n) is 4.56. The summed E-state index contributed by atoms with van der Waals surface area (Å²) < 4.78 is 0. The lowest BCUT2D eigenvalue weighted by molar-refractivity contribution is -0.122. The molecule has 0 saturated heterocycles. The molecule has 0 aromatic heterocycles. The van der Waals surface area contributed by atoms with E-state index in [4.69, 9.17) is 11.6 Å². The molecule has 1 aliphatic rings. The summed E-state index contributed by atoms with van der Waals surface area (Å²) in [6, 6.07) is 6.57. The molecule has 2 amide bonds. The first-order valence-corrected chi connectivity index (χ1v) is 9.51. The lowest BCUT2D eigenvalue weighted by Crippen LogP contribution is -2.46. The second-order valence-corrected chi connectivity index (χ2v) is 7.07. The number of hydrogen-bond donors (Lipinski definition) is 3. The first-order valence-electron chi connectivity index (χ1n) is 9.14. The van der Waals surface area contributed by atoms with Crippen molar-refractivity contribution in [1.29, 1.82) is 0 Å². The molecule has 0 radical (unpaired) electrons. The van der Waals surface area contributed by atoms with Crippen LogP contribution < -0.4 is 16.0 Å². The topological polar surface area (TPSA) is 70.2 Å². The largest absolute Gasteiger partial charge is 0.353 e. The van der Waals surface area contributed by atoms with Crippen molar-refractivity contribution >= 4 is 23.4 Å². The minimum absolute atomic E-state index is 0.176. The van der Waals surface area contributed by atoms with Gasteiger partial charge in [0.25, 0.3) is 5.91 Å². The highest BCUT2D eigenvalue weighted by Crippen LogP contribution is 2.16. The number of rotatable bonds is 7. The molecule has 5 nitrogen and oxygen atoms in total. The van der Waals surface area contributed by atoms with Crippen LogP contribution in [0.2, 0.25) is 5.02 Å². The Balaban J connectivity index is 1.65. The molecule has 138 valence electrons. The molecule has 1 aliphatic carbocycles. The zero-order valence-corrected chi connectivity index (χ0v) is 15.6. The summed E-state index contributed by atoms with van der Waals surface area (Å²) in [5.41, 5.74) is 0.485. The summed E-state index contributed by atoms with van der Waals surface area (Å²) in [5, 5.41) is 9.65. The fraction of sp³-hybridized carbons (Fsp3) is 0.579. The average molecular weight is 366 g/mol. The van der Waals surface area contributed by atoms with E-state index in [2.05, 4.69) is 16.0 Å². The van der Waals surface area contributed by atoms with E-state index in [1.807, 2.05) is 0 Å². The summed E-state index contributed by atoms with van der Waals surface area (Å²) in [7, 11) is 0.